The maximum absolute atomic E-state index is 13.5. The number of hydrogen-bond donors (Lipinski definition) is 2. The summed E-state index contributed by atoms with van der Waals surface area (Å²) in [6, 6.07) is 12.5. The van der Waals surface area contributed by atoms with Crippen molar-refractivity contribution >= 4 is 27.4 Å². The van der Waals surface area contributed by atoms with E-state index in [2.05, 4.69) is 25.3 Å². The second-order valence-corrected chi connectivity index (χ2v) is 9.49. The fourth-order valence-corrected chi connectivity index (χ4v) is 4.11. The molecule has 0 aliphatic rings. The summed E-state index contributed by atoms with van der Waals surface area (Å²) in [4.78, 5) is 17.4. The first-order chi connectivity index (χ1) is 15.7. The Kier molecular flexibility index (Phi) is 6.01. The van der Waals surface area contributed by atoms with Gasteiger partial charge in [0.25, 0.3) is 0 Å². The minimum absolute atomic E-state index is 0.0265. The van der Waals surface area contributed by atoms with E-state index in [-0.39, 0.29) is 22.6 Å². The van der Waals surface area contributed by atoms with Gasteiger partial charge in [0, 0.05) is 35.7 Å². The first-order valence-electron chi connectivity index (χ1n) is 9.99. The second-order valence-electron chi connectivity index (χ2n) is 7.48. The molecule has 1 unspecified atom stereocenters. The second kappa shape index (κ2) is 8.91. The molecule has 2 aromatic heterocycles. The number of nitrogens with two attached hydrogens (primary N) is 1. The van der Waals surface area contributed by atoms with Crippen molar-refractivity contribution in [2.75, 3.05) is 17.3 Å². The molecular weight excluding hydrogens is 443 g/mol. The third-order valence-corrected chi connectivity index (χ3v) is 6.26. The Morgan fingerprint density at radius 2 is 1.70 bits per heavy atom. The highest BCUT2D eigenvalue weighted by atomic mass is 32.2. The van der Waals surface area contributed by atoms with Crippen LogP contribution in [0.4, 0.5) is 22.0 Å². The lowest BCUT2D eigenvalue weighted by Crippen LogP contribution is -2.11. The summed E-state index contributed by atoms with van der Waals surface area (Å²) >= 11 is 0. The standard InChI is InChI=1S/C23H21FN6O2S/c1-14(15-3-7-17(24)8-4-15)20-21(16-5-9-18(10-6-16)33(2,31)32)29-23(25)30-22(20)28-19-13-26-11-12-27-19/h3-14H,1-2H3,(H3,25,27,28,29,30). The van der Waals surface area contributed by atoms with E-state index in [0.717, 1.165) is 11.8 Å². The number of rotatable bonds is 6. The number of sulfone groups is 1. The molecule has 0 radical (unpaired) electrons. The molecule has 1 atom stereocenters. The van der Waals surface area contributed by atoms with E-state index in [4.69, 9.17) is 5.73 Å². The van der Waals surface area contributed by atoms with Crippen LogP contribution in [0, 0.1) is 5.82 Å². The lowest BCUT2D eigenvalue weighted by molar-refractivity contribution is 0.602. The molecule has 0 saturated heterocycles. The molecule has 0 aliphatic carbocycles. The van der Waals surface area contributed by atoms with Crippen molar-refractivity contribution in [3.8, 4) is 11.3 Å². The topological polar surface area (TPSA) is 124 Å². The van der Waals surface area contributed by atoms with Gasteiger partial charge in [-0.15, -0.1) is 0 Å². The van der Waals surface area contributed by atoms with E-state index in [1.165, 1.54) is 24.3 Å². The maximum Gasteiger partial charge on any atom is 0.222 e. The lowest BCUT2D eigenvalue weighted by Gasteiger charge is -2.21. The molecule has 168 valence electrons. The van der Waals surface area contributed by atoms with Gasteiger partial charge < -0.3 is 11.1 Å². The van der Waals surface area contributed by atoms with Crippen LogP contribution in [-0.4, -0.2) is 34.6 Å². The summed E-state index contributed by atoms with van der Waals surface area (Å²) in [5.41, 5.74) is 8.73. The smallest absolute Gasteiger partial charge is 0.222 e. The van der Waals surface area contributed by atoms with Crippen molar-refractivity contribution < 1.29 is 12.8 Å². The summed E-state index contributed by atoms with van der Waals surface area (Å²) in [7, 11) is -3.35. The van der Waals surface area contributed by atoms with Gasteiger partial charge in [-0.3, -0.25) is 4.98 Å². The molecule has 0 spiro atoms. The minimum Gasteiger partial charge on any atom is -0.368 e. The molecule has 2 aromatic carbocycles. The van der Waals surface area contributed by atoms with E-state index in [1.54, 1.807) is 42.9 Å². The van der Waals surface area contributed by atoms with Crippen molar-refractivity contribution in [1.29, 1.82) is 0 Å². The van der Waals surface area contributed by atoms with Gasteiger partial charge in [-0.25, -0.2) is 22.8 Å². The fraction of sp³-hybridized carbons (Fsp3) is 0.130. The Hall–Kier alpha value is -3.92. The zero-order valence-corrected chi connectivity index (χ0v) is 18.7. The van der Waals surface area contributed by atoms with Crippen molar-refractivity contribution in [2.24, 2.45) is 0 Å². The number of nitrogens with zero attached hydrogens (tertiary/aromatic N) is 4. The van der Waals surface area contributed by atoms with Crippen LogP contribution >= 0.6 is 0 Å². The Morgan fingerprint density at radius 1 is 1.00 bits per heavy atom. The highest BCUT2D eigenvalue weighted by Gasteiger charge is 2.23. The molecule has 0 bridgehead atoms. The summed E-state index contributed by atoms with van der Waals surface area (Å²) in [6.45, 7) is 1.94. The van der Waals surface area contributed by atoms with Crippen molar-refractivity contribution in [1.82, 2.24) is 19.9 Å². The van der Waals surface area contributed by atoms with E-state index in [0.29, 0.717) is 28.5 Å². The van der Waals surface area contributed by atoms with E-state index in [9.17, 15) is 12.8 Å². The van der Waals surface area contributed by atoms with Crippen LogP contribution in [0.3, 0.4) is 0 Å². The van der Waals surface area contributed by atoms with Crippen LogP contribution in [0.25, 0.3) is 11.3 Å². The van der Waals surface area contributed by atoms with Crippen LogP contribution in [-0.2, 0) is 9.84 Å². The Labute approximate surface area is 190 Å². The zero-order valence-electron chi connectivity index (χ0n) is 17.9. The molecule has 0 amide bonds. The predicted molar refractivity (Wildman–Crippen MR) is 124 cm³/mol. The van der Waals surface area contributed by atoms with Gasteiger partial charge >= 0.3 is 0 Å². The van der Waals surface area contributed by atoms with Crippen LogP contribution in [0.15, 0.2) is 72.0 Å². The van der Waals surface area contributed by atoms with Gasteiger partial charge in [0.15, 0.2) is 9.84 Å². The Balaban J connectivity index is 1.90. The van der Waals surface area contributed by atoms with Gasteiger partial charge in [0.05, 0.1) is 16.8 Å². The average Bonchev–Trinajstić information content (AvgIpc) is 2.79. The monoisotopic (exact) mass is 464 g/mol. The predicted octanol–water partition coefficient (Wildman–Crippen LogP) is 3.95. The third-order valence-electron chi connectivity index (χ3n) is 5.13. The van der Waals surface area contributed by atoms with Crippen LogP contribution in [0.2, 0.25) is 0 Å². The summed E-state index contributed by atoms with van der Waals surface area (Å²) in [5, 5.41) is 3.15. The number of hydrogen-bond acceptors (Lipinski definition) is 8. The third kappa shape index (κ3) is 4.96. The minimum atomic E-state index is -3.35. The van der Waals surface area contributed by atoms with Crippen molar-refractivity contribution in [3.05, 3.63) is 84.1 Å². The number of nitrogens with one attached hydrogen (secondary N) is 1. The number of benzene rings is 2. The van der Waals surface area contributed by atoms with Gasteiger partial charge in [-0.05, 0) is 29.8 Å². The van der Waals surface area contributed by atoms with Gasteiger partial charge in [0.1, 0.15) is 17.5 Å². The van der Waals surface area contributed by atoms with Crippen LogP contribution in [0.5, 0.6) is 0 Å². The van der Waals surface area contributed by atoms with Gasteiger partial charge in [0.2, 0.25) is 5.95 Å². The number of halogens is 1. The van der Waals surface area contributed by atoms with E-state index >= 15 is 0 Å². The molecule has 3 N–H and O–H groups in total. The zero-order chi connectivity index (χ0) is 23.6. The molecule has 10 heteroatoms. The number of anilines is 3. The highest BCUT2D eigenvalue weighted by Crippen LogP contribution is 2.38. The maximum atomic E-state index is 13.5. The SMILES string of the molecule is CC(c1ccc(F)cc1)c1c(Nc2cnccn2)nc(N)nc1-c1ccc(S(C)(=O)=O)cc1. The molecule has 4 rings (SSSR count). The first-order valence-corrected chi connectivity index (χ1v) is 11.9. The quantitative estimate of drug-likeness (QED) is 0.440. The van der Waals surface area contributed by atoms with E-state index in [1.807, 2.05) is 6.92 Å². The molecule has 2 heterocycles. The molecule has 33 heavy (non-hydrogen) atoms. The highest BCUT2D eigenvalue weighted by molar-refractivity contribution is 7.90. The van der Waals surface area contributed by atoms with Crippen molar-refractivity contribution in [3.63, 3.8) is 0 Å². The largest absolute Gasteiger partial charge is 0.368 e. The fourth-order valence-electron chi connectivity index (χ4n) is 3.48. The molecule has 0 saturated carbocycles. The Bertz CT molecular complexity index is 1380. The van der Waals surface area contributed by atoms with Crippen molar-refractivity contribution in [2.45, 2.75) is 17.7 Å². The Morgan fingerprint density at radius 3 is 2.30 bits per heavy atom. The molecular formula is C23H21FN6O2S. The molecule has 4 aromatic rings. The van der Waals surface area contributed by atoms with Crippen LogP contribution < -0.4 is 11.1 Å². The molecule has 0 fully saturated rings. The normalized spacial score (nSPS) is 12.3. The summed E-state index contributed by atoms with van der Waals surface area (Å²) < 4.78 is 37.3. The number of nitrogen functional groups attached to an aromatic ring is 1. The average molecular weight is 465 g/mol. The summed E-state index contributed by atoms with van der Waals surface area (Å²) in [5.74, 6) is 0.297. The number of aromatic nitrogens is 4. The van der Waals surface area contributed by atoms with Gasteiger partial charge in [-0.1, -0.05) is 31.2 Å². The van der Waals surface area contributed by atoms with Gasteiger partial charge in [-0.2, -0.15) is 4.98 Å². The lowest BCUT2D eigenvalue weighted by atomic mass is 9.90. The van der Waals surface area contributed by atoms with Crippen LogP contribution in [0.1, 0.15) is 24.0 Å². The summed E-state index contributed by atoms with van der Waals surface area (Å²) in [6.07, 6.45) is 5.79. The first kappa shape index (κ1) is 22.3. The molecule has 8 nitrogen and oxygen atoms in total. The molecule has 0 aliphatic heterocycles. The van der Waals surface area contributed by atoms with E-state index < -0.39 is 9.84 Å².